The Kier molecular flexibility index (Phi) is 7.42. The predicted molar refractivity (Wildman–Crippen MR) is 177 cm³/mol. The second-order valence-corrected chi connectivity index (χ2v) is 16.5. The summed E-state index contributed by atoms with van der Waals surface area (Å²) >= 11 is 11.1. The van der Waals surface area contributed by atoms with Crippen molar-refractivity contribution >= 4 is 134 Å². The molecule has 2 unspecified atom stereocenters. The quantitative estimate of drug-likeness (QED) is 0.121. The van der Waals surface area contributed by atoms with Gasteiger partial charge in [-0.25, -0.2) is 0 Å². The summed E-state index contributed by atoms with van der Waals surface area (Å²) in [7, 11) is 3.06. The normalized spacial score (nSPS) is 22.0. The third kappa shape index (κ3) is 4.23. The first-order valence-electron chi connectivity index (χ1n) is 13.0. The van der Waals surface area contributed by atoms with E-state index in [-0.39, 0.29) is 11.2 Å². The molecule has 1 aromatic heterocycles. The number of rotatable bonds is 5. The van der Waals surface area contributed by atoms with E-state index in [2.05, 4.69) is 120 Å². The van der Waals surface area contributed by atoms with E-state index in [1.165, 1.54) is 75.2 Å². The monoisotopic (exact) mass is 593 g/mol. The molecule has 2 aliphatic rings. The molecule has 7 heteroatoms. The molecule has 5 aromatic rings. The fourth-order valence-electron chi connectivity index (χ4n) is 7.14. The van der Waals surface area contributed by atoms with E-state index in [0.29, 0.717) is 0 Å². The summed E-state index contributed by atoms with van der Waals surface area (Å²) in [6.45, 7) is 0. The molecule has 0 bridgehead atoms. The van der Waals surface area contributed by atoms with Crippen LogP contribution < -0.4 is 0 Å². The Morgan fingerprint density at radius 3 is 1.64 bits per heavy atom. The number of aromatic nitrogens is 1. The van der Waals surface area contributed by atoms with Gasteiger partial charge in [0.2, 0.25) is 0 Å². The molecule has 4 aromatic carbocycles. The van der Waals surface area contributed by atoms with Gasteiger partial charge in [0.1, 0.15) is 0 Å². The van der Waals surface area contributed by atoms with Gasteiger partial charge in [0.15, 0.2) is 0 Å². The van der Waals surface area contributed by atoms with Crippen molar-refractivity contribution in [1.29, 1.82) is 0 Å². The van der Waals surface area contributed by atoms with Gasteiger partial charge in [0, 0.05) is 0 Å². The molecule has 180 valence electrons. The molecule has 39 heavy (non-hydrogen) atoms. The zero-order chi connectivity index (χ0) is 26.8. The molecule has 2 atom stereocenters. The fourth-order valence-corrected chi connectivity index (χ4v) is 12.4. The van der Waals surface area contributed by atoms with Crippen LogP contribution in [0.25, 0.3) is 33.7 Å². The maximum atomic E-state index is 5.07. The van der Waals surface area contributed by atoms with Crippen LogP contribution in [0.3, 0.4) is 0 Å². The average Bonchev–Trinajstić information content (AvgIpc) is 2.97. The minimum atomic E-state index is -0.150. The summed E-state index contributed by atoms with van der Waals surface area (Å²) in [6, 6.07) is 29.0. The molecule has 2 aliphatic carbocycles. The van der Waals surface area contributed by atoms with Gasteiger partial charge in [-0.1, -0.05) is 0 Å². The van der Waals surface area contributed by atoms with Crippen LogP contribution in [0.2, 0.25) is 0 Å². The molecule has 0 fully saturated rings. The molecule has 0 amide bonds. The zero-order valence-corrected chi connectivity index (χ0v) is 29.0. The first kappa shape index (κ1) is 27.3. The van der Waals surface area contributed by atoms with Crippen LogP contribution in [0.15, 0.2) is 107 Å². The SMILES string of the molecule is [Na][C]1(C(c2ccccn2)[C]2([Na])C=Cc3cccc4c(SS)ccc2c34)C=Cc2cccc3c(SS)ccc1c23. The second kappa shape index (κ2) is 10.6. The number of pyridine rings is 1. The summed E-state index contributed by atoms with van der Waals surface area (Å²) in [5, 5.41) is 5.32. The molecule has 0 saturated heterocycles. The van der Waals surface area contributed by atoms with Crippen molar-refractivity contribution in [3.05, 3.63) is 125 Å². The van der Waals surface area contributed by atoms with Crippen LogP contribution in [-0.4, -0.2) is 60.8 Å². The van der Waals surface area contributed by atoms with Gasteiger partial charge in [0.05, 0.1) is 0 Å². The Labute approximate surface area is 282 Å². The van der Waals surface area contributed by atoms with E-state index in [1.807, 2.05) is 12.3 Å². The molecular weight excluding hydrogens is 573 g/mol. The number of hydrogen-bond donors (Lipinski definition) is 2. The van der Waals surface area contributed by atoms with Crippen LogP contribution in [0.4, 0.5) is 0 Å². The number of thiol groups is 2. The van der Waals surface area contributed by atoms with Crippen molar-refractivity contribution in [2.75, 3.05) is 0 Å². The van der Waals surface area contributed by atoms with Gasteiger partial charge < -0.3 is 0 Å². The summed E-state index contributed by atoms with van der Waals surface area (Å²) in [5.74, 6) is 0.161. The van der Waals surface area contributed by atoms with Crippen molar-refractivity contribution in [2.45, 2.75) is 21.0 Å². The first-order chi connectivity index (χ1) is 19.0. The number of nitrogens with zero attached hydrogens (tertiary/aromatic N) is 1. The van der Waals surface area contributed by atoms with E-state index >= 15 is 0 Å². The minimum absolute atomic E-state index is 0.150. The predicted octanol–water partition coefficient (Wildman–Crippen LogP) is 8.53. The van der Waals surface area contributed by atoms with Crippen molar-refractivity contribution in [1.82, 2.24) is 4.98 Å². The summed E-state index contributed by atoms with van der Waals surface area (Å²) in [6.07, 6.45) is 11.7. The fraction of sp³-hybridized carbons (Fsp3) is 0.0938. The Morgan fingerprint density at radius 1 is 0.641 bits per heavy atom. The van der Waals surface area contributed by atoms with Crippen LogP contribution in [0.1, 0.15) is 33.9 Å². The third-order valence-electron chi connectivity index (χ3n) is 8.82. The molecule has 1 nitrogen and oxygen atoms in total. The molecule has 1 heterocycles. The third-order valence-corrected chi connectivity index (χ3v) is 14.0. The standard InChI is InChI=1S/C32H21NS4.2Na/c34-36-28-16-14-21-23(12-10-19-5-3-7-25(28)30(19)21)32(27-9-1-2-18-33-27)24-13-11-20-6-4-8-26-29(37-35)17-15-22(24)31(20)26;;/h1-18,32,34-35H;;. The zero-order valence-electron chi connectivity index (χ0n) is 21.6. The van der Waals surface area contributed by atoms with Gasteiger partial charge in [-0.15, -0.1) is 0 Å². The Bertz CT molecular complexity index is 1720. The summed E-state index contributed by atoms with van der Waals surface area (Å²) in [4.78, 5) is 7.49. The summed E-state index contributed by atoms with van der Waals surface area (Å²) in [5.41, 5.74) is 6.60. The number of allylic oxidation sites excluding steroid dienone is 2. The van der Waals surface area contributed by atoms with E-state index in [4.69, 9.17) is 4.98 Å². The molecule has 0 spiro atoms. The van der Waals surface area contributed by atoms with Crippen LogP contribution in [0.5, 0.6) is 0 Å². The van der Waals surface area contributed by atoms with Gasteiger partial charge in [-0.05, 0) is 0 Å². The van der Waals surface area contributed by atoms with Crippen LogP contribution in [0, 0.1) is 0 Å². The van der Waals surface area contributed by atoms with Crippen molar-refractivity contribution in [3.8, 4) is 0 Å². The van der Waals surface area contributed by atoms with Crippen LogP contribution >= 0.6 is 44.9 Å². The van der Waals surface area contributed by atoms with E-state index < -0.39 is 0 Å². The van der Waals surface area contributed by atoms with Crippen LogP contribution in [-0.2, 0) is 5.33 Å². The molecule has 0 N–H and O–H groups in total. The molecule has 7 rings (SSSR count). The average molecular weight is 594 g/mol. The first-order valence-corrected chi connectivity index (χ1v) is 18.8. The van der Waals surface area contributed by atoms with Gasteiger partial charge in [-0.2, -0.15) is 0 Å². The van der Waals surface area contributed by atoms with E-state index in [0.717, 1.165) is 61.6 Å². The Hall–Kier alpha value is -0.570. The van der Waals surface area contributed by atoms with Gasteiger partial charge >= 0.3 is 286 Å². The molecule has 0 radical (unpaired) electrons. The Balaban J connectivity index is 1.55. The number of hydrogen-bond acceptors (Lipinski definition) is 5. The van der Waals surface area contributed by atoms with Crippen molar-refractivity contribution in [2.24, 2.45) is 0 Å². The van der Waals surface area contributed by atoms with Crippen molar-refractivity contribution in [3.63, 3.8) is 0 Å². The Morgan fingerprint density at radius 2 is 1.18 bits per heavy atom. The summed E-state index contributed by atoms with van der Waals surface area (Å²) < 4.78 is -0.301. The van der Waals surface area contributed by atoms with Gasteiger partial charge in [-0.3, -0.25) is 0 Å². The van der Waals surface area contributed by atoms with Gasteiger partial charge in [0.25, 0.3) is 0 Å². The maximum absolute atomic E-state index is 5.07. The molecular formula is C32H21NNa2S4. The van der Waals surface area contributed by atoms with E-state index in [9.17, 15) is 0 Å². The second-order valence-electron chi connectivity index (χ2n) is 10.9. The molecule has 0 saturated carbocycles. The van der Waals surface area contributed by atoms with E-state index in [1.54, 1.807) is 0 Å². The topological polar surface area (TPSA) is 12.9 Å². The van der Waals surface area contributed by atoms with Crippen molar-refractivity contribution < 1.29 is 0 Å². The number of benzene rings is 4. The molecule has 0 aliphatic heterocycles.